The van der Waals surface area contributed by atoms with Crippen LogP contribution < -0.4 is 4.90 Å². The van der Waals surface area contributed by atoms with Crippen LogP contribution in [0.4, 0.5) is 17.2 Å². The molecule has 1 spiro atoms. The van der Waals surface area contributed by atoms with E-state index in [2.05, 4.69) is 193 Å². The van der Waals surface area contributed by atoms with Crippen molar-refractivity contribution in [1.29, 1.82) is 0 Å². The first-order chi connectivity index (χ1) is 27.3. The molecule has 0 N–H and O–H groups in total. The Morgan fingerprint density at radius 2 is 1.07 bits per heavy atom. The van der Waals surface area contributed by atoms with Crippen LogP contribution in [0, 0.1) is 0 Å². The predicted octanol–water partition coefficient (Wildman–Crippen LogP) is 13.6. The fourth-order valence-electron chi connectivity index (χ4n) is 9.70. The predicted molar refractivity (Wildman–Crippen MR) is 225 cm³/mol. The molecule has 2 heterocycles. The van der Waals surface area contributed by atoms with E-state index < -0.39 is 5.41 Å². The molecule has 3 nitrogen and oxygen atoms in total. The number of rotatable bonds is 4. The molecule has 3 heteroatoms. The molecule has 2 aromatic heterocycles. The lowest BCUT2D eigenvalue weighted by Crippen LogP contribution is -2.26. The summed E-state index contributed by atoms with van der Waals surface area (Å²) in [6, 6.07) is 68.2. The van der Waals surface area contributed by atoms with E-state index >= 15 is 0 Å². The van der Waals surface area contributed by atoms with Crippen molar-refractivity contribution in [3.8, 4) is 33.4 Å². The summed E-state index contributed by atoms with van der Waals surface area (Å²) in [6.45, 7) is 0. The second-order valence-corrected chi connectivity index (χ2v) is 14.6. The smallest absolute Gasteiger partial charge is 0.153 e. The van der Waals surface area contributed by atoms with Crippen molar-refractivity contribution in [3.63, 3.8) is 0 Å². The zero-order chi connectivity index (χ0) is 36.1. The first kappa shape index (κ1) is 30.3. The summed E-state index contributed by atoms with van der Waals surface area (Å²) < 4.78 is 6.44. The molecule has 0 unspecified atom stereocenters. The van der Waals surface area contributed by atoms with Gasteiger partial charge in [0.25, 0.3) is 0 Å². The van der Waals surface area contributed by atoms with Gasteiger partial charge in [0.05, 0.1) is 17.3 Å². The molecule has 55 heavy (non-hydrogen) atoms. The summed E-state index contributed by atoms with van der Waals surface area (Å²) in [5.74, 6) is 0.828. The molecule has 0 saturated heterocycles. The van der Waals surface area contributed by atoms with E-state index in [9.17, 15) is 0 Å². The van der Waals surface area contributed by atoms with Crippen molar-refractivity contribution >= 4 is 49.9 Å². The second kappa shape index (κ2) is 11.4. The average molecular weight is 701 g/mol. The third kappa shape index (κ3) is 4.12. The summed E-state index contributed by atoms with van der Waals surface area (Å²) in [4.78, 5) is 7.54. The van der Waals surface area contributed by atoms with Crippen molar-refractivity contribution < 1.29 is 4.42 Å². The Morgan fingerprint density at radius 3 is 1.84 bits per heavy atom. The molecular weight excluding hydrogens is 669 g/mol. The van der Waals surface area contributed by atoms with Gasteiger partial charge in [-0.15, -0.1) is 0 Å². The zero-order valence-electron chi connectivity index (χ0n) is 29.8. The Kier molecular flexibility index (Phi) is 6.26. The van der Waals surface area contributed by atoms with E-state index in [-0.39, 0.29) is 0 Å². The third-order valence-corrected chi connectivity index (χ3v) is 11.9. The molecule has 12 rings (SSSR count). The van der Waals surface area contributed by atoms with Gasteiger partial charge < -0.3 is 4.42 Å². The molecule has 8 aromatic carbocycles. The standard InChI is InChI=1S/C52H32N2O/c1-2-13-33(14-3-1)34-25-28-36(29-26-34)54(49-31-41-48(32-53-49)55-47-30-27-35-15-4-5-16-37(35)50(41)47)46-24-12-23-45-51(46)40-19-8-11-22-44(40)52(45)42-20-9-6-17-38(42)39-18-7-10-21-43(39)52/h1-32H. The normalized spacial score (nSPS) is 13.2. The molecule has 0 bridgehead atoms. The number of fused-ring (bicyclic) bond motifs is 15. The maximum Gasteiger partial charge on any atom is 0.153 e. The maximum absolute atomic E-state index is 6.44. The van der Waals surface area contributed by atoms with Crippen LogP contribution in [0.2, 0.25) is 0 Å². The van der Waals surface area contributed by atoms with Crippen molar-refractivity contribution in [2.75, 3.05) is 4.90 Å². The number of pyridine rings is 1. The Labute approximate surface area is 318 Å². The fraction of sp³-hybridized carbons (Fsp3) is 0.0192. The van der Waals surface area contributed by atoms with Crippen LogP contribution >= 0.6 is 0 Å². The van der Waals surface area contributed by atoms with Gasteiger partial charge >= 0.3 is 0 Å². The second-order valence-electron chi connectivity index (χ2n) is 14.6. The average Bonchev–Trinajstić information content (AvgIpc) is 3.89. The molecule has 10 aromatic rings. The monoisotopic (exact) mass is 700 g/mol. The van der Waals surface area contributed by atoms with Crippen LogP contribution in [0.25, 0.3) is 66.1 Å². The van der Waals surface area contributed by atoms with E-state index in [0.717, 1.165) is 39.1 Å². The Morgan fingerprint density at radius 1 is 0.455 bits per heavy atom. The van der Waals surface area contributed by atoms with Gasteiger partial charge in [-0.25, -0.2) is 4.98 Å². The van der Waals surface area contributed by atoms with Gasteiger partial charge in [0, 0.05) is 22.0 Å². The van der Waals surface area contributed by atoms with Crippen molar-refractivity contribution in [1.82, 2.24) is 4.98 Å². The molecule has 0 atom stereocenters. The van der Waals surface area contributed by atoms with E-state index in [1.165, 1.54) is 66.4 Å². The van der Waals surface area contributed by atoms with Crippen LogP contribution in [0.3, 0.4) is 0 Å². The van der Waals surface area contributed by atoms with E-state index in [1.807, 2.05) is 6.20 Å². The fourth-order valence-corrected chi connectivity index (χ4v) is 9.70. The van der Waals surface area contributed by atoms with Crippen LogP contribution in [0.5, 0.6) is 0 Å². The first-order valence-electron chi connectivity index (χ1n) is 18.9. The molecule has 0 amide bonds. The molecule has 0 radical (unpaired) electrons. The maximum atomic E-state index is 6.44. The molecule has 0 saturated carbocycles. The molecular formula is C52H32N2O. The quantitative estimate of drug-likeness (QED) is 0.183. The van der Waals surface area contributed by atoms with E-state index in [1.54, 1.807) is 0 Å². The summed E-state index contributed by atoms with van der Waals surface area (Å²) in [5, 5.41) is 4.51. The third-order valence-electron chi connectivity index (χ3n) is 11.9. The first-order valence-corrected chi connectivity index (χ1v) is 18.9. The number of aromatic nitrogens is 1. The highest BCUT2D eigenvalue weighted by molar-refractivity contribution is 6.19. The highest BCUT2D eigenvalue weighted by Crippen LogP contribution is 2.64. The van der Waals surface area contributed by atoms with Crippen LogP contribution in [0.1, 0.15) is 22.3 Å². The van der Waals surface area contributed by atoms with Gasteiger partial charge in [0.1, 0.15) is 11.4 Å². The van der Waals surface area contributed by atoms with Crippen LogP contribution in [-0.2, 0) is 5.41 Å². The number of hydrogen-bond acceptors (Lipinski definition) is 3. The van der Waals surface area contributed by atoms with Gasteiger partial charge in [-0.1, -0.05) is 158 Å². The van der Waals surface area contributed by atoms with E-state index in [0.29, 0.717) is 0 Å². The SMILES string of the molecule is c1ccc(-c2ccc(N(c3cc4c(cn3)oc3ccc5ccccc5c34)c3cccc4c3-c3ccccc3C43c4ccccc4-c4ccccc43)cc2)cc1. The lowest BCUT2D eigenvalue weighted by atomic mass is 9.70. The van der Waals surface area contributed by atoms with E-state index in [4.69, 9.17) is 9.40 Å². The van der Waals surface area contributed by atoms with Crippen LogP contribution in [0.15, 0.2) is 199 Å². The summed E-state index contributed by atoms with van der Waals surface area (Å²) in [7, 11) is 0. The van der Waals surface area contributed by atoms with Crippen molar-refractivity contribution in [2.24, 2.45) is 0 Å². The highest BCUT2D eigenvalue weighted by atomic mass is 16.3. The summed E-state index contributed by atoms with van der Waals surface area (Å²) >= 11 is 0. The Bertz CT molecular complexity index is 3110. The Balaban J connectivity index is 1.15. The number of hydrogen-bond donors (Lipinski definition) is 0. The number of benzene rings is 8. The molecule has 0 fully saturated rings. The number of nitrogens with zero attached hydrogens (tertiary/aromatic N) is 2. The van der Waals surface area contributed by atoms with Gasteiger partial charge in [0.15, 0.2) is 5.58 Å². The number of furan rings is 1. The summed E-state index contributed by atoms with van der Waals surface area (Å²) in [5.41, 5.74) is 16.0. The number of anilines is 3. The van der Waals surface area contributed by atoms with Crippen molar-refractivity contribution in [3.05, 3.63) is 217 Å². The zero-order valence-corrected chi connectivity index (χ0v) is 29.8. The van der Waals surface area contributed by atoms with Crippen LogP contribution in [-0.4, -0.2) is 4.98 Å². The summed E-state index contributed by atoms with van der Waals surface area (Å²) in [6.07, 6.45) is 1.90. The minimum Gasteiger partial charge on any atom is -0.454 e. The van der Waals surface area contributed by atoms with Gasteiger partial charge in [-0.2, -0.15) is 0 Å². The minimum absolute atomic E-state index is 0.449. The van der Waals surface area contributed by atoms with Crippen molar-refractivity contribution in [2.45, 2.75) is 5.41 Å². The highest BCUT2D eigenvalue weighted by Gasteiger charge is 2.52. The van der Waals surface area contributed by atoms with Gasteiger partial charge in [0.2, 0.25) is 0 Å². The molecule has 256 valence electrons. The molecule has 2 aliphatic carbocycles. The topological polar surface area (TPSA) is 29.3 Å². The lowest BCUT2D eigenvalue weighted by Gasteiger charge is -2.31. The van der Waals surface area contributed by atoms with Gasteiger partial charge in [-0.05, 0) is 91.2 Å². The lowest BCUT2D eigenvalue weighted by molar-refractivity contribution is 0.667. The Hall–Kier alpha value is -7.23. The molecule has 0 aliphatic heterocycles. The molecule has 2 aliphatic rings. The van der Waals surface area contributed by atoms with Gasteiger partial charge in [-0.3, -0.25) is 4.90 Å². The largest absolute Gasteiger partial charge is 0.454 e. The minimum atomic E-state index is -0.449.